The predicted molar refractivity (Wildman–Crippen MR) is 118 cm³/mol. The molecule has 0 saturated carbocycles. The molecule has 0 fully saturated rings. The molecule has 3 rings (SSSR count). The molecule has 0 aromatic heterocycles. The molecule has 178 valence electrons. The number of nitrogens with zero attached hydrogens (tertiary/aromatic N) is 1. The highest BCUT2D eigenvalue weighted by atomic mass is 32.2. The summed E-state index contributed by atoms with van der Waals surface area (Å²) in [5, 5.41) is 3.64. The molecule has 3 aromatic carbocycles. The van der Waals surface area contributed by atoms with Crippen LogP contribution in [0.1, 0.15) is 16.7 Å². The Morgan fingerprint density at radius 3 is 2.38 bits per heavy atom. The highest BCUT2D eigenvalue weighted by Crippen LogP contribution is 2.32. The van der Waals surface area contributed by atoms with Crippen molar-refractivity contribution < 1.29 is 35.3 Å². The number of methoxy groups -OCH3 is 1. The first-order valence-corrected chi connectivity index (χ1v) is 11.2. The molecule has 1 N–H and O–H groups in total. The Hall–Kier alpha value is -3.86. The van der Waals surface area contributed by atoms with Crippen molar-refractivity contribution in [2.45, 2.75) is 17.5 Å². The smallest absolute Gasteiger partial charge is 0.416 e. The lowest BCUT2D eigenvalue weighted by atomic mass is 10.1. The SMILES string of the molecule is COc1ccccc1CC(=O)N/N=C/c1cc(C(F)(F)F)ccc1S(=O)(=O)Oc1ccccc1. The number of ether oxygens (including phenoxy) is 1. The van der Waals surface area contributed by atoms with E-state index in [1.165, 1.54) is 31.4 Å². The van der Waals surface area contributed by atoms with Crippen molar-refractivity contribution >= 4 is 22.2 Å². The number of hydrogen-bond donors (Lipinski definition) is 1. The Morgan fingerprint density at radius 2 is 1.71 bits per heavy atom. The number of carbonyl (C=O) groups is 1. The zero-order chi connectivity index (χ0) is 24.8. The van der Waals surface area contributed by atoms with Crippen LogP contribution in [0, 0.1) is 0 Å². The monoisotopic (exact) mass is 492 g/mol. The van der Waals surface area contributed by atoms with Gasteiger partial charge >= 0.3 is 16.3 Å². The molecule has 0 aliphatic carbocycles. The van der Waals surface area contributed by atoms with E-state index in [1.807, 2.05) is 0 Å². The quantitative estimate of drug-likeness (QED) is 0.289. The summed E-state index contributed by atoms with van der Waals surface area (Å²) in [6, 6.07) is 16.3. The van der Waals surface area contributed by atoms with Gasteiger partial charge in [0.1, 0.15) is 16.4 Å². The predicted octanol–water partition coefficient (Wildman–Crippen LogP) is 4.17. The summed E-state index contributed by atoms with van der Waals surface area (Å²) in [7, 11) is -3.06. The van der Waals surface area contributed by atoms with E-state index in [0.717, 1.165) is 12.3 Å². The Bertz CT molecular complexity index is 1290. The van der Waals surface area contributed by atoms with Gasteiger partial charge in [-0.25, -0.2) is 5.43 Å². The first kappa shape index (κ1) is 24.8. The highest BCUT2D eigenvalue weighted by Gasteiger charge is 2.32. The highest BCUT2D eigenvalue weighted by molar-refractivity contribution is 7.87. The standard InChI is InChI=1S/C23H19F3N2O5S/c1-32-20-10-6-5-7-16(20)14-22(29)28-27-15-17-13-18(23(24,25)26)11-12-21(17)34(30,31)33-19-8-3-2-4-9-19/h2-13,15H,14H2,1H3,(H,28,29)/b27-15+. The zero-order valence-corrected chi connectivity index (χ0v) is 18.6. The van der Waals surface area contributed by atoms with Crippen LogP contribution in [-0.2, 0) is 27.5 Å². The van der Waals surface area contributed by atoms with Crippen molar-refractivity contribution in [3.8, 4) is 11.5 Å². The van der Waals surface area contributed by atoms with E-state index in [1.54, 1.807) is 30.3 Å². The van der Waals surface area contributed by atoms with E-state index in [4.69, 9.17) is 8.92 Å². The van der Waals surface area contributed by atoms with Gasteiger partial charge in [-0.15, -0.1) is 0 Å². The first-order valence-electron chi connectivity index (χ1n) is 9.75. The number of nitrogens with one attached hydrogen (secondary N) is 1. The number of rotatable bonds is 8. The van der Waals surface area contributed by atoms with E-state index in [0.29, 0.717) is 23.4 Å². The third-order valence-electron chi connectivity index (χ3n) is 4.49. The van der Waals surface area contributed by atoms with Gasteiger partial charge in [0.15, 0.2) is 0 Å². The molecule has 0 spiro atoms. The van der Waals surface area contributed by atoms with E-state index >= 15 is 0 Å². The fourth-order valence-electron chi connectivity index (χ4n) is 2.94. The second-order valence-electron chi connectivity index (χ2n) is 6.88. The van der Waals surface area contributed by atoms with Crippen LogP contribution in [0.2, 0.25) is 0 Å². The molecule has 0 aliphatic rings. The number of carbonyl (C=O) groups excluding carboxylic acids is 1. The van der Waals surface area contributed by atoms with E-state index in [9.17, 15) is 26.4 Å². The molecule has 0 atom stereocenters. The van der Waals surface area contributed by atoms with Crippen LogP contribution < -0.4 is 14.3 Å². The second-order valence-corrected chi connectivity index (χ2v) is 8.40. The van der Waals surface area contributed by atoms with Crippen molar-refractivity contribution in [2.24, 2.45) is 5.10 Å². The number of halogens is 3. The number of para-hydroxylation sites is 2. The van der Waals surface area contributed by atoms with Gasteiger partial charge < -0.3 is 8.92 Å². The van der Waals surface area contributed by atoms with E-state index in [-0.39, 0.29) is 12.2 Å². The summed E-state index contributed by atoms with van der Waals surface area (Å²) >= 11 is 0. The van der Waals surface area contributed by atoms with Crippen LogP contribution in [0.15, 0.2) is 82.8 Å². The summed E-state index contributed by atoms with van der Waals surface area (Å²) in [4.78, 5) is 11.7. The minimum Gasteiger partial charge on any atom is -0.496 e. The summed E-state index contributed by atoms with van der Waals surface area (Å²) in [6.45, 7) is 0. The maximum atomic E-state index is 13.2. The number of amides is 1. The normalized spacial score (nSPS) is 11.9. The van der Waals surface area contributed by atoms with E-state index in [2.05, 4.69) is 10.5 Å². The molecule has 0 radical (unpaired) electrons. The molecule has 0 aliphatic heterocycles. The number of hydrazone groups is 1. The van der Waals surface area contributed by atoms with Crippen molar-refractivity contribution in [2.75, 3.05) is 7.11 Å². The Balaban J connectivity index is 1.86. The van der Waals surface area contributed by atoms with Crippen LogP contribution in [0.3, 0.4) is 0 Å². The largest absolute Gasteiger partial charge is 0.496 e. The topological polar surface area (TPSA) is 94.1 Å². The maximum Gasteiger partial charge on any atom is 0.416 e. The molecule has 0 heterocycles. The zero-order valence-electron chi connectivity index (χ0n) is 17.7. The number of benzene rings is 3. The lowest BCUT2D eigenvalue weighted by Crippen LogP contribution is -2.20. The molecular weight excluding hydrogens is 473 g/mol. The van der Waals surface area contributed by atoms with Crippen LogP contribution in [0.4, 0.5) is 13.2 Å². The summed E-state index contributed by atoms with van der Waals surface area (Å²) in [5.41, 5.74) is 1.24. The third kappa shape index (κ3) is 6.35. The molecule has 0 saturated heterocycles. The van der Waals surface area contributed by atoms with Crippen LogP contribution in [-0.4, -0.2) is 27.6 Å². The summed E-state index contributed by atoms with van der Waals surface area (Å²) in [6.07, 6.45) is -4.03. The molecule has 11 heteroatoms. The molecule has 0 bridgehead atoms. The second kappa shape index (κ2) is 10.4. The van der Waals surface area contributed by atoms with Crippen molar-refractivity contribution in [3.05, 3.63) is 89.5 Å². The first-order chi connectivity index (χ1) is 16.1. The molecular formula is C23H19F3N2O5S. The lowest BCUT2D eigenvalue weighted by molar-refractivity contribution is -0.137. The van der Waals surface area contributed by atoms with Crippen LogP contribution in [0.25, 0.3) is 0 Å². The Labute approximate surface area is 194 Å². The number of alkyl halides is 3. The molecule has 0 unspecified atom stereocenters. The van der Waals surface area contributed by atoms with Gasteiger partial charge in [0.25, 0.3) is 0 Å². The van der Waals surface area contributed by atoms with Gasteiger partial charge in [-0.3, -0.25) is 4.79 Å². The summed E-state index contributed by atoms with van der Waals surface area (Å²) in [5.74, 6) is -0.126. The Kier molecular flexibility index (Phi) is 7.57. The van der Waals surface area contributed by atoms with Gasteiger partial charge in [0, 0.05) is 11.1 Å². The van der Waals surface area contributed by atoms with Crippen molar-refractivity contribution in [1.82, 2.24) is 5.43 Å². The average Bonchev–Trinajstić information content (AvgIpc) is 2.79. The fraction of sp³-hybridized carbons (Fsp3) is 0.130. The molecule has 3 aromatic rings. The van der Waals surface area contributed by atoms with Crippen molar-refractivity contribution in [1.29, 1.82) is 0 Å². The molecule has 7 nitrogen and oxygen atoms in total. The van der Waals surface area contributed by atoms with Crippen molar-refractivity contribution in [3.63, 3.8) is 0 Å². The van der Waals surface area contributed by atoms with Gasteiger partial charge in [-0.05, 0) is 36.4 Å². The fourth-order valence-corrected chi connectivity index (χ4v) is 4.03. The van der Waals surface area contributed by atoms with Crippen LogP contribution in [0.5, 0.6) is 11.5 Å². The lowest BCUT2D eigenvalue weighted by Gasteiger charge is -2.12. The van der Waals surface area contributed by atoms with Gasteiger partial charge in [0.05, 0.1) is 25.3 Å². The Morgan fingerprint density at radius 1 is 1.03 bits per heavy atom. The minimum absolute atomic E-state index is 0.0182. The van der Waals surface area contributed by atoms with E-state index < -0.39 is 38.2 Å². The average molecular weight is 492 g/mol. The van der Waals surface area contributed by atoms with Gasteiger partial charge in [-0.2, -0.15) is 26.7 Å². The maximum absolute atomic E-state index is 13.2. The molecule has 1 amide bonds. The van der Waals surface area contributed by atoms with Gasteiger partial charge in [-0.1, -0.05) is 36.4 Å². The molecule has 34 heavy (non-hydrogen) atoms. The third-order valence-corrected chi connectivity index (χ3v) is 5.81. The minimum atomic E-state index is -4.72. The van der Waals surface area contributed by atoms with Gasteiger partial charge in [0.2, 0.25) is 5.91 Å². The van der Waals surface area contributed by atoms with Crippen LogP contribution >= 0.6 is 0 Å². The summed E-state index contributed by atoms with van der Waals surface area (Å²) < 4.78 is 75.2. The number of hydrogen-bond acceptors (Lipinski definition) is 6.